The number of aromatic amines is 1. The summed E-state index contributed by atoms with van der Waals surface area (Å²) in [5, 5.41) is 22.0. The lowest BCUT2D eigenvalue weighted by molar-refractivity contribution is -0.384. The van der Waals surface area contributed by atoms with E-state index in [1.54, 1.807) is 10.5 Å². The number of hydrogen-bond acceptors (Lipinski definition) is 7. The molecule has 10 nitrogen and oxygen atoms in total. The molecule has 0 aliphatic carbocycles. The number of nitro groups is 1. The molecule has 0 saturated heterocycles. The van der Waals surface area contributed by atoms with E-state index < -0.39 is 4.92 Å². The van der Waals surface area contributed by atoms with Gasteiger partial charge in [0, 0.05) is 23.9 Å². The van der Waals surface area contributed by atoms with Crippen molar-refractivity contribution < 1.29 is 9.72 Å². The number of carbonyl (C=O) groups is 1. The summed E-state index contributed by atoms with van der Waals surface area (Å²) in [4.78, 5) is 37.2. The molecular weight excluding hydrogens is 408 g/mol. The van der Waals surface area contributed by atoms with Crippen LogP contribution >= 0.6 is 11.8 Å². The van der Waals surface area contributed by atoms with Crippen LogP contribution in [0.1, 0.15) is 0 Å². The number of rotatable bonds is 6. The smallest absolute Gasteiger partial charge is 0.271 e. The van der Waals surface area contributed by atoms with E-state index in [0.29, 0.717) is 16.5 Å². The number of fused-ring (bicyclic) bond motifs is 1. The minimum absolute atomic E-state index is 0.00313. The zero-order valence-corrected chi connectivity index (χ0v) is 16.1. The van der Waals surface area contributed by atoms with Crippen molar-refractivity contribution in [2.24, 2.45) is 0 Å². The van der Waals surface area contributed by atoms with Crippen LogP contribution in [0.5, 0.6) is 0 Å². The number of anilines is 1. The van der Waals surface area contributed by atoms with E-state index in [1.165, 1.54) is 24.3 Å². The van der Waals surface area contributed by atoms with Crippen molar-refractivity contribution in [3.05, 3.63) is 81.1 Å². The van der Waals surface area contributed by atoms with Crippen LogP contribution in [0.2, 0.25) is 0 Å². The molecule has 2 N–H and O–H groups in total. The molecule has 11 heteroatoms. The van der Waals surface area contributed by atoms with Gasteiger partial charge in [-0.1, -0.05) is 48.2 Å². The van der Waals surface area contributed by atoms with Gasteiger partial charge in [-0.25, -0.2) is 0 Å². The Morgan fingerprint density at radius 1 is 1.13 bits per heavy atom. The van der Waals surface area contributed by atoms with Crippen molar-refractivity contribution in [1.29, 1.82) is 0 Å². The standard InChI is InChI=1S/C19H14N6O4S/c26-16-10-15(12-5-2-1-3-6-12)24-18(21-16)22-23-19(24)30-11-17(27)20-13-7-4-8-14(9-13)25(28)29/h1-10H,11H2,(H,20,27)(H,21,22,26). The number of aromatic nitrogens is 4. The molecule has 0 radical (unpaired) electrons. The highest BCUT2D eigenvalue weighted by Crippen LogP contribution is 2.24. The molecule has 1 amide bonds. The Morgan fingerprint density at radius 2 is 1.93 bits per heavy atom. The number of thioether (sulfide) groups is 1. The topological polar surface area (TPSA) is 135 Å². The van der Waals surface area contributed by atoms with Crippen molar-refractivity contribution in [2.75, 3.05) is 11.1 Å². The molecule has 4 rings (SSSR count). The van der Waals surface area contributed by atoms with Crippen LogP contribution in [-0.4, -0.2) is 36.2 Å². The van der Waals surface area contributed by atoms with Gasteiger partial charge in [-0.15, -0.1) is 10.2 Å². The van der Waals surface area contributed by atoms with Crippen LogP contribution in [-0.2, 0) is 4.79 Å². The number of nitrogens with zero attached hydrogens (tertiary/aromatic N) is 4. The predicted octanol–water partition coefficient (Wildman–Crippen LogP) is 2.72. The minimum atomic E-state index is -0.529. The fraction of sp³-hybridized carbons (Fsp3) is 0.0526. The van der Waals surface area contributed by atoms with Crippen molar-refractivity contribution in [3.8, 4) is 11.3 Å². The molecule has 0 bridgehead atoms. The summed E-state index contributed by atoms with van der Waals surface area (Å²) in [7, 11) is 0. The molecule has 0 aliphatic rings. The quantitative estimate of drug-likeness (QED) is 0.277. The molecule has 4 aromatic rings. The highest BCUT2D eigenvalue weighted by Gasteiger charge is 2.15. The van der Waals surface area contributed by atoms with Crippen molar-refractivity contribution >= 4 is 34.8 Å². The van der Waals surface area contributed by atoms with Crippen molar-refractivity contribution in [3.63, 3.8) is 0 Å². The largest absolute Gasteiger partial charge is 0.325 e. The Morgan fingerprint density at radius 3 is 2.70 bits per heavy atom. The zero-order chi connectivity index (χ0) is 21.1. The number of hydrogen-bond donors (Lipinski definition) is 2. The predicted molar refractivity (Wildman–Crippen MR) is 111 cm³/mol. The van der Waals surface area contributed by atoms with E-state index in [9.17, 15) is 19.7 Å². The number of amides is 1. The number of benzene rings is 2. The molecule has 0 atom stereocenters. The number of non-ortho nitro benzene ring substituents is 1. The third kappa shape index (κ3) is 4.05. The van der Waals surface area contributed by atoms with E-state index in [4.69, 9.17) is 0 Å². The van der Waals surface area contributed by atoms with Gasteiger partial charge in [0.05, 0.1) is 16.4 Å². The molecule has 2 aromatic heterocycles. The molecule has 0 fully saturated rings. The number of nitrogens with one attached hydrogen (secondary N) is 2. The highest BCUT2D eigenvalue weighted by molar-refractivity contribution is 7.99. The molecule has 2 heterocycles. The number of carbonyl (C=O) groups excluding carboxylic acids is 1. The molecule has 2 aromatic carbocycles. The molecule has 0 spiro atoms. The van der Waals surface area contributed by atoms with Gasteiger partial charge in [0.2, 0.25) is 11.7 Å². The van der Waals surface area contributed by atoms with Gasteiger partial charge in [0.1, 0.15) is 0 Å². The Labute approximate surface area is 173 Å². The average Bonchev–Trinajstić information content (AvgIpc) is 3.15. The summed E-state index contributed by atoms with van der Waals surface area (Å²) < 4.78 is 1.67. The van der Waals surface area contributed by atoms with Crippen LogP contribution in [0.25, 0.3) is 17.0 Å². The maximum atomic E-state index is 12.3. The Balaban J connectivity index is 1.56. The summed E-state index contributed by atoms with van der Waals surface area (Å²) >= 11 is 1.13. The van der Waals surface area contributed by atoms with Gasteiger partial charge in [-0.2, -0.15) is 0 Å². The molecular formula is C19H14N6O4S. The second-order valence-electron chi connectivity index (χ2n) is 6.17. The summed E-state index contributed by atoms with van der Waals surface area (Å²) in [5.41, 5.74) is 1.31. The Hall–Kier alpha value is -3.99. The van der Waals surface area contributed by atoms with Crippen LogP contribution < -0.4 is 10.9 Å². The summed E-state index contributed by atoms with van der Waals surface area (Å²) in [6, 6.07) is 16.4. The highest BCUT2D eigenvalue weighted by atomic mass is 32.2. The maximum Gasteiger partial charge on any atom is 0.271 e. The van der Waals surface area contributed by atoms with E-state index in [0.717, 1.165) is 17.3 Å². The van der Waals surface area contributed by atoms with Gasteiger partial charge in [-0.05, 0) is 11.6 Å². The first-order valence-corrected chi connectivity index (χ1v) is 9.71. The maximum absolute atomic E-state index is 12.3. The monoisotopic (exact) mass is 422 g/mol. The minimum Gasteiger partial charge on any atom is -0.325 e. The van der Waals surface area contributed by atoms with Gasteiger partial charge in [0.25, 0.3) is 11.2 Å². The van der Waals surface area contributed by atoms with Gasteiger partial charge in [-0.3, -0.25) is 29.1 Å². The van der Waals surface area contributed by atoms with Gasteiger partial charge >= 0.3 is 0 Å². The number of nitro benzene ring substituents is 1. The van der Waals surface area contributed by atoms with Crippen LogP contribution in [0.3, 0.4) is 0 Å². The SMILES string of the molecule is O=C(CSc1nnc2[nH]c(=O)cc(-c3ccccc3)n12)Nc1cccc([N+](=O)[O-])c1. The lowest BCUT2D eigenvalue weighted by Gasteiger charge is -2.08. The molecule has 0 saturated carbocycles. The van der Waals surface area contributed by atoms with Crippen molar-refractivity contribution in [1.82, 2.24) is 19.6 Å². The summed E-state index contributed by atoms with van der Waals surface area (Å²) in [6.45, 7) is 0. The molecule has 150 valence electrons. The van der Waals surface area contributed by atoms with Crippen LogP contribution in [0.4, 0.5) is 11.4 Å². The third-order valence-corrected chi connectivity index (χ3v) is 5.05. The number of H-pyrrole nitrogens is 1. The van der Waals surface area contributed by atoms with E-state index >= 15 is 0 Å². The first-order chi connectivity index (χ1) is 14.5. The van der Waals surface area contributed by atoms with Gasteiger partial charge in [0.15, 0.2) is 5.16 Å². The van der Waals surface area contributed by atoms with Gasteiger partial charge < -0.3 is 5.32 Å². The van der Waals surface area contributed by atoms with Crippen LogP contribution in [0.15, 0.2) is 70.6 Å². The normalized spacial score (nSPS) is 10.8. The van der Waals surface area contributed by atoms with Crippen molar-refractivity contribution in [2.45, 2.75) is 5.16 Å². The zero-order valence-electron chi connectivity index (χ0n) is 15.3. The second-order valence-corrected chi connectivity index (χ2v) is 7.11. The average molecular weight is 422 g/mol. The lowest BCUT2D eigenvalue weighted by Crippen LogP contribution is -2.15. The summed E-state index contributed by atoms with van der Waals surface area (Å²) in [5.74, 6) is -0.0949. The van der Waals surface area contributed by atoms with E-state index in [1.807, 2.05) is 30.3 Å². The van der Waals surface area contributed by atoms with Crippen LogP contribution in [0, 0.1) is 10.1 Å². The molecule has 0 unspecified atom stereocenters. The lowest BCUT2D eigenvalue weighted by atomic mass is 10.1. The Bertz CT molecular complexity index is 1300. The summed E-state index contributed by atoms with van der Waals surface area (Å²) in [6.07, 6.45) is 0. The molecule has 30 heavy (non-hydrogen) atoms. The van der Waals surface area contributed by atoms with E-state index in [-0.39, 0.29) is 28.7 Å². The first-order valence-electron chi connectivity index (χ1n) is 8.72. The fourth-order valence-electron chi connectivity index (χ4n) is 2.84. The molecule has 0 aliphatic heterocycles. The fourth-order valence-corrected chi connectivity index (χ4v) is 3.59. The third-order valence-electron chi connectivity index (χ3n) is 4.12. The van der Waals surface area contributed by atoms with E-state index in [2.05, 4.69) is 20.5 Å². The first kappa shape index (κ1) is 19.3. The Kier molecular flexibility index (Phi) is 5.26. The second kappa shape index (κ2) is 8.17.